The molecule has 4 rings (SSSR count). The summed E-state index contributed by atoms with van der Waals surface area (Å²) >= 11 is 1.21. The highest BCUT2D eigenvalue weighted by atomic mass is 32.2. The molecule has 2 amide bonds. The second kappa shape index (κ2) is 7.96. The van der Waals surface area contributed by atoms with Gasteiger partial charge >= 0.3 is 0 Å². The Hall–Kier alpha value is -3.71. The fraction of sp³-hybridized carbons (Fsp3) is 0.0435. The maximum atomic E-state index is 13.3. The van der Waals surface area contributed by atoms with Crippen molar-refractivity contribution in [3.05, 3.63) is 105 Å². The van der Waals surface area contributed by atoms with Crippen molar-refractivity contribution in [1.29, 1.82) is 0 Å². The van der Waals surface area contributed by atoms with Gasteiger partial charge in [0.1, 0.15) is 0 Å². The Morgan fingerprint density at radius 1 is 0.833 bits per heavy atom. The van der Waals surface area contributed by atoms with Crippen LogP contribution in [-0.2, 0) is 9.59 Å². The minimum absolute atomic E-state index is 0.0798. The first kappa shape index (κ1) is 19.6. The van der Waals surface area contributed by atoms with Crippen LogP contribution < -0.4 is 4.90 Å². The van der Waals surface area contributed by atoms with Crippen LogP contribution in [0.15, 0.2) is 88.7 Å². The highest BCUT2D eigenvalue weighted by molar-refractivity contribution is 8.04. The third kappa shape index (κ3) is 3.62. The summed E-state index contributed by atoms with van der Waals surface area (Å²) in [5.41, 5.74) is 2.12. The quantitative estimate of drug-likeness (QED) is 0.333. The number of aryl methyl sites for hydroxylation is 1. The number of non-ortho nitro benzene ring substituents is 1. The highest BCUT2D eigenvalue weighted by Gasteiger charge is 2.40. The minimum atomic E-state index is -0.502. The van der Waals surface area contributed by atoms with Gasteiger partial charge in [0.2, 0.25) is 0 Å². The predicted molar refractivity (Wildman–Crippen MR) is 116 cm³/mol. The van der Waals surface area contributed by atoms with Crippen LogP contribution in [0.25, 0.3) is 5.57 Å². The molecule has 30 heavy (non-hydrogen) atoms. The summed E-state index contributed by atoms with van der Waals surface area (Å²) in [5, 5.41) is 11.0. The Balaban J connectivity index is 1.81. The molecule has 3 aromatic carbocycles. The first-order chi connectivity index (χ1) is 14.5. The van der Waals surface area contributed by atoms with Gasteiger partial charge in [0.25, 0.3) is 17.5 Å². The normalized spacial score (nSPS) is 13.8. The lowest BCUT2D eigenvalue weighted by Gasteiger charge is -2.15. The second-order valence-electron chi connectivity index (χ2n) is 6.70. The van der Waals surface area contributed by atoms with Gasteiger partial charge in [-0.15, -0.1) is 0 Å². The number of thioether (sulfide) groups is 1. The van der Waals surface area contributed by atoms with E-state index in [0.29, 0.717) is 16.2 Å². The van der Waals surface area contributed by atoms with E-state index in [1.54, 1.807) is 12.1 Å². The Labute approximate surface area is 177 Å². The number of nitrogens with zero attached hydrogens (tertiary/aromatic N) is 2. The number of nitro groups is 1. The average molecular weight is 416 g/mol. The molecule has 0 atom stereocenters. The number of carbonyl (C=O) groups excluding carboxylic acids is 2. The van der Waals surface area contributed by atoms with Crippen molar-refractivity contribution in [1.82, 2.24) is 0 Å². The number of hydrogen-bond acceptors (Lipinski definition) is 5. The molecule has 0 aliphatic carbocycles. The number of rotatable bonds is 5. The summed E-state index contributed by atoms with van der Waals surface area (Å²) in [4.78, 5) is 39.3. The highest BCUT2D eigenvalue weighted by Crippen LogP contribution is 2.41. The van der Waals surface area contributed by atoms with Crippen molar-refractivity contribution in [2.45, 2.75) is 11.8 Å². The van der Waals surface area contributed by atoms with E-state index < -0.39 is 16.7 Å². The average Bonchev–Trinajstić information content (AvgIpc) is 2.99. The maximum absolute atomic E-state index is 13.3. The molecule has 6 nitrogen and oxygen atoms in total. The van der Waals surface area contributed by atoms with E-state index in [9.17, 15) is 19.7 Å². The topological polar surface area (TPSA) is 80.5 Å². The molecular formula is C23H16N2O4S. The molecule has 1 aliphatic rings. The number of anilines is 1. The standard InChI is InChI=1S/C23H16N2O4S/c1-15-7-11-17(12-8-15)24-22(26)20(16-9-13-18(14-10-16)25(28)29)21(23(24)27)30-19-5-3-2-4-6-19/h2-14H,1H3. The van der Waals surface area contributed by atoms with Crippen molar-refractivity contribution in [3.8, 4) is 0 Å². The molecule has 0 spiro atoms. The fourth-order valence-corrected chi connectivity index (χ4v) is 4.16. The van der Waals surface area contributed by atoms with Gasteiger partial charge in [-0.25, -0.2) is 4.90 Å². The third-order valence-electron chi connectivity index (χ3n) is 4.66. The molecule has 0 saturated heterocycles. The summed E-state index contributed by atoms with van der Waals surface area (Å²) in [5.74, 6) is -0.859. The van der Waals surface area contributed by atoms with Crippen LogP contribution in [0.1, 0.15) is 11.1 Å². The van der Waals surface area contributed by atoms with Crippen molar-refractivity contribution in [2.24, 2.45) is 0 Å². The summed E-state index contributed by atoms with van der Waals surface area (Å²) < 4.78 is 0. The molecule has 0 aromatic heterocycles. The summed E-state index contributed by atoms with van der Waals surface area (Å²) in [7, 11) is 0. The molecule has 0 bridgehead atoms. The summed E-state index contributed by atoms with van der Waals surface area (Å²) in [6.45, 7) is 1.93. The van der Waals surface area contributed by atoms with Crippen LogP contribution in [0.4, 0.5) is 11.4 Å². The zero-order valence-electron chi connectivity index (χ0n) is 15.9. The molecule has 0 unspecified atom stereocenters. The number of amides is 2. The molecule has 0 radical (unpaired) electrons. The largest absolute Gasteiger partial charge is 0.272 e. The molecule has 7 heteroatoms. The lowest BCUT2D eigenvalue weighted by atomic mass is 10.1. The maximum Gasteiger partial charge on any atom is 0.272 e. The molecule has 0 N–H and O–H groups in total. The van der Waals surface area contributed by atoms with E-state index in [1.165, 1.54) is 36.0 Å². The predicted octanol–water partition coefficient (Wildman–Crippen LogP) is 4.98. The minimum Gasteiger partial charge on any atom is -0.268 e. The first-order valence-electron chi connectivity index (χ1n) is 9.13. The van der Waals surface area contributed by atoms with Gasteiger partial charge in [-0.3, -0.25) is 19.7 Å². The Kier molecular flexibility index (Phi) is 5.20. The number of nitro benzene ring substituents is 1. The smallest absolute Gasteiger partial charge is 0.268 e. The van der Waals surface area contributed by atoms with E-state index in [0.717, 1.165) is 15.4 Å². The van der Waals surface area contributed by atoms with Crippen molar-refractivity contribution >= 4 is 40.5 Å². The molecule has 1 aliphatic heterocycles. The molecule has 0 saturated carbocycles. The van der Waals surface area contributed by atoms with E-state index in [4.69, 9.17) is 0 Å². The second-order valence-corrected chi connectivity index (χ2v) is 7.79. The number of carbonyl (C=O) groups is 2. The van der Waals surface area contributed by atoms with Gasteiger partial charge in [0.15, 0.2) is 0 Å². The lowest BCUT2D eigenvalue weighted by molar-refractivity contribution is -0.384. The molecule has 1 heterocycles. The van der Waals surface area contributed by atoms with Crippen molar-refractivity contribution in [2.75, 3.05) is 4.90 Å². The summed E-state index contributed by atoms with van der Waals surface area (Å²) in [6.07, 6.45) is 0. The fourth-order valence-electron chi connectivity index (χ4n) is 3.14. The van der Waals surface area contributed by atoms with Crippen LogP contribution in [-0.4, -0.2) is 16.7 Å². The lowest BCUT2D eigenvalue weighted by Crippen LogP contribution is -2.31. The molecular weight excluding hydrogens is 400 g/mol. The number of hydrogen-bond donors (Lipinski definition) is 0. The Bertz CT molecular complexity index is 1170. The van der Waals surface area contributed by atoms with Gasteiger partial charge in [-0.1, -0.05) is 47.7 Å². The van der Waals surface area contributed by atoms with Crippen molar-refractivity contribution < 1.29 is 14.5 Å². The Morgan fingerprint density at radius 2 is 1.47 bits per heavy atom. The van der Waals surface area contributed by atoms with E-state index in [-0.39, 0.29) is 11.3 Å². The van der Waals surface area contributed by atoms with Crippen LogP contribution in [0.2, 0.25) is 0 Å². The summed E-state index contributed by atoms with van der Waals surface area (Å²) in [6, 6.07) is 22.1. The third-order valence-corrected chi connectivity index (χ3v) is 5.75. The van der Waals surface area contributed by atoms with Crippen LogP contribution >= 0.6 is 11.8 Å². The molecule has 148 valence electrons. The SMILES string of the molecule is Cc1ccc(N2C(=O)C(Sc3ccccc3)=C(c3ccc([N+](=O)[O-])cc3)C2=O)cc1. The van der Waals surface area contributed by atoms with E-state index in [1.807, 2.05) is 49.4 Å². The van der Waals surface area contributed by atoms with E-state index >= 15 is 0 Å². The zero-order valence-corrected chi connectivity index (χ0v) is 16.8. The van der Waals surface area contributed by atoms with Gasteiger partial charge in [0, 0.05) is 17.0 Å². The van der Waals surface area contributed by atoms with Gasteiger partial charge in [-0.2, -0.15) is 0 Å². The Morgan fingerprint density at radius 3 is 2.07 bits per heavy atom. The molecule has 3 aromatic rings. The van der Waals surface area contributed by atoms with Crippen LogP contribution in [0.3, 0.4) is 0 Å². The molecule has 0 fully saturated rings. The van der Waals surface area contributed by atoms with Crippen LogP contribution in [0, 0.1) is 17.0 Å². The van der Waals surface area contributed by atoms with Crippen molar-refractivity contribution in [3.63, 3.8) is 0 Å². The first-order valence-corrected chi connectivity index (χ1v) is 9.95. The number of imide groups is 1. The van der Waals surface area contributed by atoms with E-state index in [2.05, 4.69) is 0 Å². The van der Waals surface area contributed by atoms with Crippen LogP contribution in [0.5, 0.6) is 0 Å². The zero-order chi connectivity index (χ0) is 21.3. The monoisotopic (exact) mass is 416 g/mol. The van der Waals surface area contributed by atoms with Gasteiger partial charge < -0.3 is 0 Å². The van der Waals surface area contributed by atoms with Gasteiger partial charge in [-0.05, 0) is 48.9 Å². The number of benzene rings is 3. The van der Waals surface area contributed by atoms with Gasteiger partial charge in [0.05, 0.1) is 21.1 Å².